The van der Waals surface area contributed by atoms with Crippen molar-refractivity contribution in [3.8, 4) is 0 Å². The Hall–Kier alpha value is -0.120. The van der Waals surface area contributed by atoms with Gasteiger partial charge in [0.2, 0.25) is 0 Å². The lowest BCUT2D eigenvalue weighted by atomic mass is 10.2. The molecule has 1 atom stereocenters. The van der Waals surface area contributed by atoms with Gasteiger partial charge in [-0.05, 0) is 39.9 Å². The van der Waals surface area contributed by atoms with Crippen LogP contribution in [0, 0.1) is 0 Å². The normalized spacial score (nSPS) is 13.6. The largest absolute Gasteiger partial charge is 0.383 e. The molecule has 0 rings (SSSR count). The average molecular weight is 188 g/mol. The molecule has 3 nitrogen and oxygen atoms in total. The molecule has 80 valence electrons. The van der Waals surface area contributed by atoms with Crippen LogP contribution in [0.2, 0.25) is 0 Å². The summed E-state index contributed by atoms with van der Waals surface area (Å²) in [5.74, 6) is 0. The van der Waals surface area contributed by atoms with Gasteiger partial charge in [-0.2, -0.15) is 0 Å². The average Bonchev–Trinajstić information content (AvgIpc) is 2.12. The van der Waals surface area contributed by atoms with Crippen LogP contribution in [0.1, 0.15) is 26.2 Å². The van der Waals surface area contributed by atoms with Crippen LogP contribution in [0.3, 0.4) is 0 Å². The first kappa shape index (κ1) is 12.9. The van der Waals surface area contributed by atoms with Gasteiger partial charge in [0.15, 0.2) is 0 Å². The first-order chi connectivity index (χ1) is 6.22. The Bertz CT molecular complexity index is 109. The second kappa shape index (κ2) is 8.48. The maximum atomic E-state index is 5.42. The van der Waals surface area contributed by atoms with Gasteiger partial charge in [-0.3, -0.25) is 0 Å². The van der Waals surface area contributed by atoms with Gasteiger partial charge in [-0.15, -0.1) is 0 Å². The van der Waals surface area contributed by atoms with Gasteiger partial charge in [-0.1, -0.05) is 6.42 Å². The van der Waals surface area contributed by atoms with E-state index in [9.17, 15) is 0 Å². The highest BCUT2D eigenvalue weighted by Crippen LogP contribution is 2.00. The highest BCUT2D eigenvalue weighted by Gasteiger charge is 2.07. The van der Waals surface area contributed by atoms with Crippen molar-refractivity contribution in [2.75, 3.05) is 33.9 Å². The fourth-order valence-corrected chi connectivity index (χ4v) is 1.27. The van der Waals surface area contributed by atoms with Gasteiger partial charge in [-0.25, -0.2) is 0 Å². The molecule has 0 bridgehead atoms. The number of unbranched alkanes of at least 4 members (excludes halogenated alkanes) is 2. The summed E-state index contributed by atoms with van der Waals surface area (Å²) in [6.45, 7) is 4.96. The number of rotatable bonds is 8. The van der Waals surface area contributed by atoms with Crippen LogP contribution in [-0.2, 0) is 4.74 Å². The van der Waals surface area contributed by atoms with Gasteiger partial charge in [0, 0.05) is 13.2 Å². The van der Waals surface area contributed by atoms with E-state index in [0.29, 0.717) is 6.04 Å². The predicted molar refractivity (Wildman–Crippen MR) is 56.9 cm³/mol. The molecular formula is C10H24N2O. The van der Waals surface area contributed by atoms with Crippen molar-refractivity contribution in [3.63, 3.8) is 0 Å². The lowest BCUT2D eigenvalue weighted by molar-refractivity contribution is 0.114. The highest BCUT2D eigenvalue weighted by atomic mass is 16.5. The summed E-state index contributed by atoms with van der Waals surface area (Å²) in [6, 6.07) is 0.517. The van der Waals surface area contributed by atoms with E-state index in [0.717, 1.165) is 26.1 Å². The molecule has 13 heavy (non-hydrogen) atoms. The molecule has 0 fully saturated rings. The van der Waals surface area contributed by atoms with Crippen LogP contribution >= 0.6 is 0 Å². The first-order valence-electron chi connectivity index (χ1n) is 5.11. The molecule has 0 aromatic heterocycles. The number of nitrogens with zero attached hydrogens (tertiary/aromatic N) is 1. The van der Waals surface area contributed by atoms with E-state index in [1.165, 1.54) is 12.8 Å². The second-order valence-electron chi connectivity index (χ2n) is 3.63. The van der Waals surface area contributed by atoms with Gasteiger partial charge < -0.3 is 15.4 Å². The lowest BCUT2D eigenvalue weighted by Gasteiger charge is -2.23. The number of hydrogen-bond acceptors (Lipinski definition) is 3. The Labute approximate surface area is 82.2 Å². The Balaban J connectivity index is 3.32. The number of nitrogens with two attached hydrogens (primary N) is 1. The van der Waals surface area contributed by atoms with Crippen LogP contribution in [0.4, 0.5) is 0 Å². The summed E-state index contributed by atoms with van der Waals surface area (Å²) in [4.78, 5) is 2.33. The van der Waals surface area contributed by atoms with Crippen LogP contribution in [0.15, 0.2) is 0 Å². The molecule has 1 unspecified atom stereocenters. The van der Waals surface area contributed by atoms with Crippen LogP contribution in [-0.4, -0.2) is 44.8 Å². The highest BCUT2D eigenvalue weighted by molar-refractivity contribution is 4.61. The van der Waals surface area contributed by atoms with Gasteiger partial charge in [0.05, 0.1) is 6.61 Å². The summed E-state index contributed by atoms with van der Waals surface area (Å²) in [7, 11) is 3.89. The van der Waals surface area contributed by atoms with E-state index < -0.39 is 0 Å². The molecule has 0 saturated carbocycles. The zero-order chi connectivity index (χ0) is 10.1. The molecule has 0 heterocycles. The standard InChI is InChI=1S/C10H24N2O/c1-10(9-13-3)12(2)8-6-4-5-7-11/h10H,4-9,11H2,1-3H3. The zero-order valence-electron chi connectivity index (χ0n) is 9.25. The topological polar surface area (TPSA) is 38.5 Å². The van der Waals surface area contributed by atoms with Crippen molar-refractivity contribution in [2.24, 2.45) is 5.73 Å². The van der Waals surface area contributed by atoms with Gasteiger partial charge in [0.1, 0.15) is 0 Å². The van der Waals surface area contributed by atoms with E-state index in [4.69, 9.17) is 10.5 Å². The third-order valence-corrected chi connectivity index (χ3v) is 2.38. The van der Waals surface area contributed by atoms with E-state index in [-0.39, 0.29) is 0 Å². The van der Waals surface area contributed by atoms with Crippen molar-refractivity contribution < 1.29 is 4.74 Å². The minimum atomic E-state index is 0.517. The Morgan fingerprint density at radius 2 is 2.00 bits per heavy atom. The summed E-state index contributed by atoms with van der Waals surface area (Å²) in [5, 5.41) is 0. The maximum absolute atomic E-state index is 5.42. The van der Waals surface area contributed by atoms with Crippen molar-refractivity contribution in [1.82, 2.24) is 4.90 Å². The van der Waals surface area contributed by atoms with Crippen LogP contribution in [0.25, 0.3) is 0 Å². The van der Waals surface area contributed by atoms with Gasteiger partial charge >= 0.3 is 0 Å². The third-order valence-electron chi connectivity index (χ3n) is 2.38. The van der Waals surface area contributed by atoms with Gasteiger partial charge in [0.25, 0.3) is 0 Å². The fourth-order valence-electron chi connectivity index (χ4n) is 1.27. The zero-order valence-corrected chi connectivity index (χ0v) is 9.25. The number of ether oxygens (including phenoxy) is 1. The van der Waals surface area contributed by atoms with Crippen molar-refractivity contribution in [2.45, 2.75) is 32.2 Å². The summed E-state index contributed by atoms with van der Waals surface area (Å²) in [5.41, 5.74) is 5.42. The van der Waals surface area contributed by atoms with E-state index >= 15 is 0 Å². The molecule has 0 aromatic rings. The molecule has 0 spiro atoms. The second-order valence-corrected chi connectivity index (χ2v) is 3.63. The summed E-state index contributed by atoms with van der Waals surface area (Å²) in [6.07, 6.45) is 3.62. The van der Waals surface area contributed by atoms with Crippen molar-refractivity contribution >= 4 is 0 Å². The minimum Gasteiger partial charge on any atom is -0.383 e. The Kier molecular flexibility index (Phi) is 8.40. The van der Waals surface area contributed by atoms with E-state index in [1.54, 1.807) is 7.11 Å². The van der Waals surface area contributed by atoms with Crippen molar-refractivity contribution in [1.29, 1.82) is 0 Å². The fraction of sp³-hybridized carbons (Fsp3) is 1.00. The monoisotopic (exact) mass is 188 g/mol. The number of likely N-dealkylation sites (N-methyl/N-ethyl adjacent to an activating group) is 1. The molecule has 0 aliphatic carbocycles. The maximum Gasteiger partial charge on any atom is 0.0615 e. The molecule has 0 aliphatic heterocycles. The Morgan fingerprint density at radius 3 is 2.54 bits per heavy atom. The third kappa shape index (κ3) is 6.99. The lowest BCUT2D eigenvalue weighted by Crippen LogP contribution is -2.33. The van der Waals surface area contributed by atoms with Crippen LogP contribution in [0.5, 0.6) is 0 Å². The first-order valence-corrected chi connectivity index (χ1v) is 5.11. The Morgan fingerprint density at radius 1 is 1.31 bits per heavy atom. The molecule has 2 N–H and O–H groups in total. The molecule has 3 heteroatoms. The number of hydrogen-bond donors (Lipinski definition) is 1. The molecule has 0 saturated heterocycles. The molecular weight excluding hydrogens is 164 g/mol. The van der Waals surface area contributed by atoms with E-state index in [2.05, 4.69) is 18.9 Å². The molecule has 0 amide bonds. The smallest absolute Gasteiger partial charge is 0.0615 e. The molecule has 0 radical (unpaired) electrons. The predicted octanol–water partition coefficient (Wildman–Crippen LogP) is 1.08. The quantitative estimate of drug-likeness (QED) is 0.579. The molecule has 0 aliphatic rings. The minimum absolute atomic E-state index is 0.517. The van der Waals surface area contributed by atoms with Crippen molar-refractivity contribution in [3.05, 3.63) is 0 Å². The van der Waals surface area contributed by atoms with Crippen LogP contribution < -0.4 is 5.73 Å². The SMILES string of the molecule is COCC(C)N(C)CCCCCN. The molecule has 0 aromatic carbocycles. The summed E-state index contributed by atoms with van der Waals surface area (Å²) >= 11 is 0. The summed E-state index contributed by atoms with van der Waals surface area (Å²) < 4.78 is 5.09. The number of methoxy groups -OCH3 is 1. The van der Waals surface area contributed by atoms with E-state index in [1.807, 2.05) is 0 Å².